The van der Waals surface area contributed by atoms with Crippen LogP contribution in [0.15, 0.2) is 36.7 Å². The van der Waals surface area contributed by atoms with Gasteiger partial charge in [-0.25, -0.2) is 4.79 Å². The third-order valence-corrected chi connectivity index (χ3v) is 8.72. The zero-order valence-corrected chi connectivity index (χ0v) is 25.6. The van der Waals surface area contributed by atoms with Crippen molar-refractivity contribution in [3.63, 3.8) is 0 Å². The zero-order chi connectivity index (χ0) is 28.7. The summed E-state index contributed by atoms with van der Waals surface area (Å²) in [6.07, 6.45) is 8.24. The molecule has 224 valence electrons. The fraction of sp³-hybridized carbons (Fsp3) is 0.581. The van der Waals surface area contributed by atoms with Crippen molar-refractivity contribution in [3.05, 3.63) is 47.9 Å². The number of aryl methyl sites for hydroxylation is 1. The van der Waals surface area contributed by atoms with Gasteiger partial charge in [0.2, 0.25) is 0 Å². The van der Waals surface area contributed by atoms with Crippen LogP contribution in [0.1, 0.15) is 75.9 Å². The molecule has 2 aromatic rings. The summed E-state index contributed by atoms with van der Waals surface area (Å²) in [7, 11) is 2.04. The number of hydrogen-bond donors (Lipinski definition) is 1. The summed E-state index contributed by atoms with van der Waals surface area (Å²) < 4.78 is 13.3. The fourth-order valence-electron chi connectivity index (χ4n) is 6.41. The number of fused-ring (bicyclic) bond motifs is 3. The number of ether oxygens (including phenoxy) is 2. The Balaban J connectivity index is 0.00000387. The number of carbonyl (C=O) groups excluding carboxylic acids is 3. The van der Waals surface area contributed by atoms with E-state index in [9.17, 15) is 14.4 Å². The van der Waals surface area contributed by atoms with Crippen molar-refractivity contribution >= 4 is 41.2 Å². The first-order valence-electron chi connectivity index (χ1n) is 14.4. The van der Waals surface area contributed by atoms with Gasteiger partial charge in [-0.05, 0) is 59.4 Å². The molecule has 10 heteroatoms. The van der Waals surface area contributed by atoms with Gasteiger partial charge in [0.15, 0.2) is 12.5 Å². The number of carbonyl (C=O) groups is 3. The van der Waals surface area contributed by atoms with Gasteiger partial charge in [-0.15, -0.1) is 12.4 Å². The average Bonchev–Trinajstić information content (AvgIpc) is 3.60. The van der Waals surface area contributed by atoms with E-state index in [2.05, 4.69) is 27.8 Å². The molecule has 0 saturated heterocycles. The molecule has 9 nitrogen and oxygen atoms in total. The minimum absolute atomic E-state index is 0. The zero-order valence-electron chi connectivity index (χ0n) is 24.8. The van der Waals surface area contributed by atoms with E-state index >= 15 is 0 Å². The van der Waals surface area contributed by atoms with Crippen LogP contribution in [0.5, 0.6) is 0 Å². The smallest absolute Gasteiger partial charge is 0.407 e. The summed E-state index contributed by atoms with van der Waals surface area (Å²) in [6, 6.07) is 8.12. The Morgan fingerprint density at radius 2 is 1.78 bits per heavy atom. The summed E-state index contributed by atoms with van der Waals surface area (Å²) in [5.74, 6) is -0.163. The van der Waals surface area contributed by atoms with Crippen LogP contribution < -0.4 is 5.32 Å². The minimum Gasteiger partial charge on any atom is -0.444 e. The number of para-hydroxylation sites is 1. The molecule has 1 N–H and O–H groups in total. The topological polar surface area (TPSA) is 93.1 Å². The van der Waals surface area contributed by atoms with E-state index in [-0.39, 0.29) is 49.5 Å². The fourth-order valence-corrected chi connectivity index (χ4v) is 6.41. The number of Topliss-reactive ketones (excluding diaryl/α,β-unsaturated/α-hetero) is 1. The van der Waals surface area contributed by atoms with Crippen molar-refractivity contribution in [3.8, 4) is 0 Å². The number of benzene rings is 1. The molecule has 41 heavy (non-hydrogen) atoms. The van der Waals surface area contributed by atoms with Crippen molar-refractivity contribution in [1.82, 2.24) is 19.7 Å². The lowest BCUT2D eigenvalue weighted by Gasteiger charge is -2.34. The number of alkyl carbamates (subject to hydrolysis) is 1. The monoisotopic (exact) mass is 586 g/mol. The molecule has 1 amide bonds. The normalized spacial score (nSPS) is 21.5. The summed E-state index contributed by atoms with van der Waals surface area (Å²) >= 11 is 0. The molecule has 0 spiro atoms. The summed E-state index contributed by atoms with van der Waals surface area (Å²) in [4.78, 5) is 43.2. The van der Waals surface area contributed by atoms with Gasteiger partial charge in [-0.3, -0.25) is 9.59 Å². The molecule has 1 saturated carbocycles. The molecule has 1 aromatic carbocycles. The predicted molar refractivity (Wildman–Crippen MR) is 160 cm³/mol. The second-order valence-electron chi connectivity index (χ2n) is 12.5. The first kappa shape index (κ1) is 30.8. The van der Waals surface area contributed by atoms with Gasteiger partial charge in [0.1, 0.15) is 11.8 Å². The van der Waals surface area contributed by atoms with Crippen LogP contribution in [0, 0.1) is 11.3 Å². The highest BCUT2D eigenvalue weighted by molar-refractivity contribution is 6.11. The van der Waals surface area contributed by atoms with E-state index < -0.39 is 17.1 Å². The van der Waals surface area contributed by atoms with Gasteiger partial charge < -0.3 is 29.2 Å². The largest absolute Gasteiger partial charge is 0.444 e. The Kier molecular flexibility index (Phi) is 8.97. The number of esters is 1. The van der Waals surface area contributed by atoms with Gasteiger partial charge in [-0.2, -0.15) is 0 Å². The second kappa shape index (κ2) is 12.0. The van der Waals surface area contributed by atoms with Crippen LogP contribution in [0.2, 0.25) is 0 Å². The Labute approximate surface area is 248 Å². The van der Waals surface area contributed by atoms with E-state index in [1.54, 1.807) is 0 Å². The van der Waals surface area contributed by atoms with Crippen LogP contribution in [0.25, 0.3) is 10.9 Å². The molecule has 3 aliphatic rings. The molecule has 5 rings (SSSR count). The third-order valence-electron chi connectivity index (χ3n) is 8.72. The number of nitrogens with zero attached hydrogens (tertiary/aromatic N) is 3. The van der Waals surface area contributed by atoms with Crippen LogP contribution in [0.3, 0.4) is 0 Å². The van der Waals surface area contributed by atoms with Gasteiger partial charge >= 0.3 is 12.1 Å². The summed E-state index contributed by atoms with van der Waals surface area (Å²) in [5.41, 5.74) is 1.77. The number of aromatic nitrogens is 1. The molecule has 2 atom stereocenters. The molecule has 2 aliphatic carbocycles. The standard InChI is InChI=1S/C31H42N4O5.ClH/c1-21-34(18-22-12-13-25-26(27(22)36)23-10-6-7-11-24(23)33(25)5)16-17-35(21)20-39-28(37)31(14-8-9-15-31)19-32-29(38)40-30(2,3)4;/h6-7,10-11,16-17,21-22H,8-9,12-15,18-20H2,1-5H3,(H,32,38);1H. The molecule has 2 heterocycles. The maximum atomic E-state index is 13.6. The number of nitrogens with one attached hydrogen (secondary N) is 1. The van der Waals surface area contributed by atoms with Gasteiger partial charge in [0.05, 0.1) is 5.41 Å². The van der Waals surface area contributed by atoms with Crippen LogP contribution in [0.4, 0.5) is 4.79 Å². The Bertz CT molecular complexity index is 1320. The van der Waals surface area contributed by atoms with E-state index in [4.69, 9.17) is 9.47 Å². The molecular formula is C31H43ClN4O5. The van der Waals surface area contributed by atoms with E-state index in [0.29, 0.717) is 19.4 Å². The van der Waals surface area contributed by atoms with Gasteiger partial charge in [0.25, 0.3) is 0 Å². The number of halogens is 1. The van der Waals surface area contributed by atoms with Gasteiger partial charge in [0, 0.05) is 60.6 Å². The number of ketones is 1. The quantitative estimate of drug-likeness (QED) is 0.436. The van der Waals surface area contributed by atoms with E-state index in [0.717, 1.165) is 47.8 Å². The van der Waals surface area contributed by atoms with Gasteiger partial charge in [-0.1, -0.05) is 31.0 Å². The minimum atomic E-state index is -0.728. The number of amides is 1. The average molecular weight is 587 g/mol. The molecule has 0 bridgehead atoms. The molecule has 0 radical (unpaired) electrons. The van der Waals surface area contributed by atoms with Crippen LogP contribution in [-0.2, 0) is 27.7 Å². The van der Waals surface area contributed by atoms with Crippen LogP contribution >= 0.6 is 12.4 Å². The van der Waals surface area contributed by atoms with E-state index in [1.165, 1.54) is 0 Å². The molecule has 1 fully saturated rings. The highest BCUT2D eigenvalue weighted by Crippen LogP contribution is 2.39. The maximum Gasteiger partial charge on any atom is 0.407 e. The Morgan fingerprint density at radius 3 is 2.49 bits per heavy atom. The molecule has 2 unspecified atom stereocenters. The Morgan fingerprint density at radius 1 is 1.10 bits per heavy atom. The van der Waals surface area contributed by atoms with Crippen molar-refractivity contribution < 1.29 is 23.9 Å². The highest BCUT2D eigenvalue weighted by atomic mass is 35.5. The molecule has 1 aliphatic heterocycles. The lowest BCUT2D eigenvalue weighted by molar-refractivity contribution is -0.160. The van der Waals surface area contributed by atoms with Crippen molar-refractivity contribution in [2.24, 2.45) is 18.4 Å². The maximum absolute atomic E-state index is 13.6. The predicted octanol–water partition coefficient (Wildman–Crippen LogP) is 5.37. The van der Waals surface area contributed by atoms with Crippen molar-refractivity contribution in [1.29, 1.82) is 0 Å². The molecular weight excluding hydrogens is 544 g/mol. The first-order chi connectivity index (χ1) is 19.0. The third kappa shape index (κ3) is 6.20. The SMILES string of the molecule is CC1N(COC(=O)C2(CNC(=O)OC(C)(C)C)CCCC2)C=CN1CC1CCc2c(c3ccccc3n2C)C1=O.Cl. The number of rotatable bonds is 7. The number of hydrogen-bond acceptors (Lipinski definition) is 7. The highest BCUT2D eigenvalue weighted by Gasteiger charge is 2.44. The summed E-state index contributed by atoms with van der Waals surface area (Å²) in [5, 5.41) is 3.82. The lowest BCUT2D eigenvalue weighted by Crippen LogP contribution is -2.46. The van der Waals surface area contributed by atoms with Crippen molar-refractivity contribution in [2.45, 2.75) is 78.0 Å². The molecule has 1 aromatic heterocycles. The van der Waals surface area contributed by atoms with Crippen LogP contribution in [-0.4, -0.2) is 63.8 Å². The first-order valence-corrected chi connectivity index (χ1v) is 14.4. The van der Waals surface area contributed by atoms with E-state index in [1.807, 2.05) is 63.3 Å². The Hall–Kier alpha value is -3.20. The van der Waals surface area contributed by atoms with Crippen molar-refractivity contribution in [2.75, 3.05) is 19.8 Å². The lowest BCUT2D eigenvalue weighted by atomic mass is 9.84. The second-order valence-corrected chi connectivity index (χ2v) is 12.5. The summed E-state index contributed by atoms with van der Waals surface area (Å²) in [6.45, 7) is 8.43.